The first-order valence-corrected chi connectivity index (χ1v) is 8.06. The van der Waals surface area contributed by atoms with E-state index >= 15 is 0 Å². The van der Waals surface area contributed by atoms with Gasteiger partial charge in [-0.2, -0.15) is 0 Å². The van der Waals surface area contributed by atoms with Crippen LogP contribution < -0.4 is 0 Å². The first-order chi connectivity index (χ1) is 10.2. The highest BCUT2D eigenvalue weighted by atomic mass is 32.1. The molecular weight excluding hydrogens is 280 g/mol. The van der Waals surface area contributed by atoms with Gasteiger partial charge in [0.05, 0.1) is 11.4 Å². The van der Waals surface area contributed by atoms with Crippen LogP contribution in [0.25, 0.3) is 16.2 Å². The molecule has 0 atom stereocenters. The minimum Gasteiger partial charge on any atom is -0.296 e. The quantitative estimate of drug-likeness (QED) is 0.673. The summed E-state index contributed by atoms with van der Waals surface area (Å²) in [7, 11) is 0. The molecule has 0 spiro atoms. The summed E-state index contributed by atoms with van der Waals surface area (Å²) in [6.07, 6.45) is 2.88. The molecule has 4 heteroatoms. The average molecular weight is 298 g/mol. The van der Waals surface area contributed by atoms with Gasteiger partial charge < -0.3 is 0 Å². The van der Waals surface area contributed by atoms with E-state index in [-0.39, 0.29) is 0 Å². The van der Waals surface area contributed by atoms with Gasteiger partial charge in [0.2, 0.25) is 0 Å². The van der Waals surface area contributed by atoms with E-state index in [0.29, 0.717) is 5.69 Å². The number of imidazole rings is 1. The number of aromatic nitrogens is 2. The lowest BCUT2D eigenvalue weighted by Crippen LogP contribution is -1.96. The lowest BCUT2D eigenvalue weighted by atomic mass is 10.1. The molecule has 0 amide bonds. The molecule has 3 rings (SSSR count). The van der Waals surface area contributed by atoms with Crippen LogP contribution in [-0.4, -0.2) is 15.7 Å². The Hall–Kier alpha value is -1.94. The van der Waals surface area contributed by atoms with Gasteiger partial charge in [0.1, 0.15) is 5.69 Å². The van der Waals surface area contributed by atoms with Crippen molar-refractivity contribution in [2.75, 3.05) is 0 Å². The van der Waals surface area contributed by atoms with Crippen molar-refractivity contribution in [3.8, 4) is 11.3 Å². The topological polar surface area (TPSA) is 34.4 Å². The second-order valence-corrected chi connectivity index (χ2v) is 6.16. The predicted molar refractivity (Wildman–Crippen MR) is 87.4 cm³/mol. The van der Waals surface area contributed by atoms with Gasteiger partial charge >= 0.3 is 0 Å². The highest BCUT2D eigenvalue weighted by Crippen LogP contribution is 2.34. The van der Waals surface area contributed by atoms with Crippen LogP contribution in [0.2, 0.25) is 0 Å². The molecule has 2 heterocycles. The Kier molecular flexibility index (Phi) is 3.64. The highest BCUT2D eigenvalue weighted by Gasteiger charge is 2.19. The summed E-state index contributed by atoms with van der Waals surface area (Å²) in [4.78, 5) is 18.1. The molecule has 1 aromatic carbocycles. The lowest BCUT2D eigenvalue weighted by molar-refractivity contribution is 0.111. The highest BCUT2D eigenvalue weighted by molar-refractivity contribution is 7.17. The summed E-state index contributed by atoms with van der Waals surface area (Å²) in [5.74, 6) is 0. The van der Waals surface area contributed by atoms with E-state index in [0.717, 1.165) is 41.0 Å². The van der Waals surface area contributed by atoms with Crippen LogP contribution in [0, 0.1) is 6.92 Å². The fraction of sp³-hybridized carbons (Fsp3) is 0.294. The number of nitrogens with zero attached hydrogens (tertiary/aromatic N) is 2. The van der Waals surface area contributed by atoms with Crippen molar-refractivity contribution in [1.82, 2.24) is 9.38 Å². The Morgan fingerprint density at radius 2 is 1.90 bits per heavy atom. The van der Waals surface area contributed by atoms with E-state index in [1.165, 1.54) is 10.4 Å². The minimum atomic E-state index is 0.663. The second-order valence-electron chi connectivity index (χ2n) is 5.10. The third-order valence-corrected chi connectivity index (χ3v) is 5.02. The van der Waals surface area contributed by atoms with E-state index in [9.17, 15) is 4.79 Å². The van der Waals surface area contributed by atoms with Gasteiger partial charge in [0.15, 0.2) is 11.2 Å². The average Bonchev–Trinajstić information content (AvgIpc) is 3.01. The lowest BCUT2D eigenvalue weighted by Gasteiger charge is -2.06. The number of hydrogen-bond donors (Lipinski definition) is 0. The van der Waals surface area contributed by atoms with E-state index in [1.54, 1.807) is 11.3 Å². The van der Waals surface area contributed by atoms with E-state index in [4.69, 9.17) is 0 Å². The van der Waals surface area contributed by atoms with Crippen LogP contribution in [-0.2, 0) is 12.8 Å². The number of carbonyl (C=O) groups is 1. The molecule has 108 valence electrons. The van der Waals surface area contributed by atoms with Crippen molar-refractivity contribution in [3.63, 3.8) is 0 Å². The number of hydrogen-bond acceptors (Lipinski definition) is 3. The molecule has 0 fully saturated rings. The van der Waals surface area contributed by atoms with Gasteiger partial charge in [-0.25, -0.2) is 4.98 Å². The summed E-state index contributed by atoms with van der Waals surface area (Å²) in [6.45, 7) is 6.18. The number of thiazole rings is 1. The van der Waals surface area contributed by atoms with Crippen molar-refractivity contribution >= 4 is 22.6 Å². The third-order valence-electron chi connectivity index (χ3n) is 3.84. The molecule has 3 aromatic rings. The summed E-state index contributed by atoms with van der Waals surface area (Å²) >= 11 is 1.67. The van der Waals surface area contributed by atoms with Crippen molar-refractivity contribution in [2.24, 2.45) is 0 Å². The number of aldehydes is 1. The van der Waals surface area contributed by atoms with Crippen LogP contribution in [0.15, 0.2) is 24.3 Å². The molecule has 0 saturated heterocycles. The van der Waals surface area contributed by atoms with Crippen LogP contribution in [0.4, 0.5) is 0 Å². The molecule has 0 aliphatic heterocycles. The van der Waals surface area contributed by atoms with Crippen LogP contribution in [0.5, 0.6) is 0 Å². The van der Waals surface area contributed by atoms with Crippen LogP contribution in [0.1, 0.15) is 40.5 Å². The number of fused-ring (bicyclic) bond motifs is 1. The van der Waals surface area contributed by atoms with Gasteiger partial charge in [-0.1, -0.05) is 38.1 Å². The fourth-order valence-electron chi connectivity index (χ4n) is 2.65. The molecule has 0 unspecified atom stereocenters. The summed E-state index contributed by atoms with van der Waals surface area (Å²) < 4.78 is 2.01. The Morgan fingerprint density at radius 1 is 1.19 bits per heavy atom. The molecule has 0 bridgehead atoms. The van der Waals surface area contributed by atoms with E-state index in [2.05, 4.69) is 43.1 Å². The van der Waals surface area contributed by atoms with E-state index < -0.39 is 0 Å². The Labute approximate surface area is 128 Å². The maximum atomic E-state index is 11.4. The smallest absolute Gasteiger partial charge is 0.195 e. The predicted octanol–water partition coefficient (Wildman–Crippen LogP) is 4.31. The molecule has 0 radical (unpaired) electrons. The minimum absolute atomic E-state index is 0.663. The molecule has 0 N–H and O–H groups in total. The van der Waals surface area contributed by atoms with Crippen molar-refractivity contribution in [3.05, 3.63) is 46.1 Å². The SMILES string of the molecule is CCc1ccc(-c2c(CC)sc3nc(C)c(C=O)n23)cc1. The van der Waals surface area contributed by atoms with Gasteiger partial charge in [-0.3, -0.25) is 9.20 Å². The fourth-order valence-corrected chi connectivity index (χ4v) is 3.78. The number of aryl methyl sites for hydroxylation is 3. The standard InChI is InChI=1S/C17H18N2OS/c1-4-12-6-8-13(9-7-12)16-15(5-2)21-17-18-11(3)14(10-20)19(16)17/h6-10H,4-5H2,1-3H3. The van der Waals surface area contributed by atoms with Crippen LogP contribution >= 0.6 is 11.3 Å². The van der Waals surface area contributed by atoms with Crippen molar-refractivity contribution < 1.29 is 4.79 Å². The first kappa shape index (κ1) is 14.0. The monoisotopic (exact) mass is 298 g/mol. The first-order valence-electron chi connectivity index (χ1n) is 7.24. The van der Waals surface area contributed by atoms with Gasteiger partial charge in [0.25, 0.3) is 0 Å². The second kappa shape index (κ2) is 5.45. The van der Waals surface area contributed by atoms with Crippen molar-refractivity contribution in [2.45, 2.75) is 33.6 Å². The molecule has 2 aromatic heterocycles. The normalized spacial score (nSPS) is 11.2. The molecular formula is C17H18N2OS. The largest absolute Gasteiger partial charge is 0.296 e. The zero-order valence-electron chi connectivity index (χ0n) is 12.5. The Balaban J connectivity index is 2.29. The van der Waals surface area contributed by atoms with Crippen molar-refractivity contribution in [1.29, 1.82) is 0 Å². The van der Waals surface area contributed by atoms with Gasteiger partial charge in [-0.05, 0) is 30.9 Å². The molecule has 0 aliphatic carbocycles. The Bertz CT molecular complexity index is 796. The number of benzene rings is 1. The number of rotatable bonds is 4. The van der Waals surface area contributed by atoms with E-state index in [1.807, 2.05) is 11.3 Å². The summed E-state index contributed by atoms with van der Waals surface area (Å²) in [5.41, 5.74) is 5.04. The number of carbonyl (C=O) groups excluding carboxylic acids is 1. The molecule has 0 aliphatic rings. The zero-order valence-corrected chi connectivity index (χ0v) is 13.3. The Morgan fingerprint density at radius 3 is 2.48 bits per heavy atom. The van der Waals surface area contributed by atoms with Gasteiger partial charge in [0, 0.05) is 4.88 Å². The third kappa shape index (κ3) is 2.20. The maximum absolute atomic E-state index is 11.4. The van der Waals surface area contributed by atoms with Crippen LogP contribution in [0.3, 0.4) is 0 Å². The zero-order chi connectivity index (χ0) is 15.0. The molecule has 21 heavy (non-hydrogen) atoms. The summed E-state index contributed by atoms with van der Waals surface area (Å²) in [6, 6.07) is 8.60. The maximum Gasteiger partial charge on any atom is 0.195 e. The molecule has 3 nitrogen and oxygen atoms in total. The summed E-state index contributed by atoms with van der Waals surface area (Å²) in [5, 5.41) is 0. The molecule has 0 saturated carbocycles. The van der Waals surface area contributed by atoms with Gasteiger partial charge in [-0.15, -0.1) is 11.3 Å².